The van der Waals surface area contributed by atoms with Crippen LogP contribution in [-0.2, 0) is 0 Å². The van der Waals surface area contributed by atoms with Gasteiger partial charge in [-0.1, -0.05) is 11.6 Å². The summed E-state index contributed by atoms with van der Waals surface area (Å²) in [6, 6.07) is 8.93. The summed E-state index contributed by atoms with van der Waals surface area (Å²) in [7, 11) is 1.61. The normalized spacial score (nSPS) is 10.4. The molecule has 2 aromatic heterocycles. The quantitative estimate of drug-likeness (QED) is 0.472. The number of rotatable bonds is 3. The third-order valence-corrected chi connectivity index (χ3v) is 4.07. The lowest BCUT2D eigenvalue weighted by Gasteiger charge is -2.13. The highest BCUT2D eigenvalue weighted by Gasteiger charge is 2.11. The van der Waals surface area contributed by atoms with Crippen molar-refractivity contribution in [2.24, 2.45) is 0 Å². The van der Waals surface area contributed by atoms with Gasteiger partial charge in [-0.3, -0.25) is 15.6 Å². The van der Waals surface area contributed by atoms with Crippen molar-refractivity contribution < 1.29 is 9.53 Å². The number of nitrogens with one attached hydrogen (secondary N) is 3. The number of methoxy groups -OCH3 is 1. The molecule has 1 aromatic carbocycles. The van der Waals surface area contributed by atoms with Crippen LogP contribution in [0.25, 0.3) is 5.65 Å². The number of thiocarbonyl (C=S) groups is 1. The number of hydrazine groups is 1. The van der Waals surface area contributed by atoms with Crippen LogP contribution in [0.5, 0.6) is 5.75 Å². The summed E-state index contributed by atoms with van der Waals surface area (Å²) in [4.78, 5) is 16.4. The van der Waals surface area contributed by atoms with E-state index in [0.717, 1.165) is 17.0 Å². The van der Waals surface area contributed by atoms with Gasteiger partial charge in [-0.25, -0.2) is 4.98 Å². The Kier molecular flexibility index (Phi) is 5.24. The molecule has 26 heavy (non-hydrogen) atoms. The van der Waals surface area contributed by atoms with Crippen molar-refractivity contribution in [3.8, 4) is 5.75 Å². The molecule has 3 rings (SSSR count). The second-order valence-electron chi connectivity index (χ2n) is 5.45. The Labute approximate surface area is 160 Å². The van der Waals surface area contributed by atoms with Gasteiger partial charge in [0.1, 0.15) is 17.1 Å². The Balaban J connectivity index is 1.60. The van der Waals surface area contributed by atoms with Crippen LogP contribution >= 0.6 is 23.8 Å². The minimum atomic E-state index is -0.416. The van der Waals surface area contributed by atoms with Crippen molar-refractivity contribution in [2.75, 3.05) is 12.4 Å². The molecule has 0 radical (unpaired) electrons. The van der Waals surface area contributed by atoms with E-state index < -0.39 is 5.91 Å². The van der Waals surface area contributed by atoms with Crippen molar-refractivity contribution in [1.29, 1.82) is 0 Å². The fourth-order valence-electron chi connectivity index (χ4n) is 2.30. The molecule has 3 aromatic rings. The van der Waals surface area contributed by atoms with Crippen LogP contribution in [0.3, 0.4) is 0 Å². The van der Waals surface area contributed by atoms with E-state index in [1.165, 1.54) is 0 Å². The number of ether oxygens (including phenoxy) is 1. The van der Waals surface area contributed by atoms with E-state index >= 15 is 0 Å². The monoisotopic (exact) mass is 389 g/mol. The summed E-state index contributed by atoms with van der Waals surface area (Å²) in [6.07, 6.45) is 3.33. The number of aromatic nitrogens is 2. The largest absolute Gasteiger partial charge is 0.497 e. The molecule has 7 nitrogen and oxygen atoms in total. The second kappa shape index (κ2) is 7.59. The number of imidazole rings is 1. The highest BCUT2D eigenvalue weighted by molar-refractivity contribution is 7.80. The van der Waals surface area contributed by atoms with Crippen molar-refractivity contribution in [3.63, 3.8) is 0 Å². The lowest BCUT2D eigenvalue weighted by Crippen LogP contribution is -2.44. The molecule has 0 unspecified atom stereocenters. The summed E-state index contributed by atoms with van der Waals surface area (Å²) in [5.41, 5.74) is 7.75. The molecule has 3 N–H and O–H groups in total. The van der Waals surface area contributed by atoms with E-state index in [0.29, 0.717) is 10.7 Å². The lowest BCUT2D eigenvalue weighted by molar-refractivity contribution is 0.0940. The maximum absolute atomic E-state index is 12.2. The standard InChI is InChI=1S/C17H16ClN5O2S/c1-10-7-12(25-2)3-4-13(10)20-17(26)22-21-16(24)14-9-23-6-5-11(18)8-15(23)19-14/h3-9H,1-2H3,(H,21,24)(H2,20,22,26). The molecule has 2 heterocycles. The first kappa shape index (κ1) is 18.0. The number of halogens is 1. The number of anilines is 1. The number of fused-ring (bicyclic) bond motifs is 1. The number of amides is 1. The van der Waals surface area contributed by atoms with Gasteiger partial charge in [-0.15, -0.1) is 0 Å². The third kappa shape index (κ3) is 4.04. The molecule has 0 fully saturated rings. The number of carbonyl (C=O) groups excluding carboxylic acids is 1. The SMILES string of the molecule is COc1ccc(NC(=S)NNC(=O)c2cn3ccc(Cl)cc3n2)c(C)c1. The van der Waals surface area contributed by atoms with Gasteiger partial charge in [0, 0.05) is 29.2 Å². The number of hydrogen-bond acceptors (Lipinski definition) is 4. The predicted octanol–water partition coefficient (Wildman–Crippen LogP) is 2.94. The van der Waals surface area contributed by atoms with E-state index in [9.17, 15) is 4.79 Å². The molecule has 0 aliphatic rings. The topological polar surface area (TPSA) is 79.7 Å². The van der Waals surface area contributed by atoms with Gasteiger partial charge in [-0.2, -0.15) is 0 Å². The molecule has 0 saturated carbocycles. The van der Waals surface area contributed by atoms with E-state index in [1.54, 1.807) is 36.0 Å². The molecule has 1 amide bonds. The Hall–Kier alpha value is -2.84. The number of pyridine rings is 1. The molecular formula is C17H16ClN5O2S. The van der Waals surface area contributed by atoms with Crippen LogP contribution < -0.4 is 20.9 Å². The molecule has 134 valence electrons. The maximum atomic E-state index is 12.2. The number of carbonyl (C=O) groups is 1. The first-order chi connectivity index (χ1) is 12.5. The first-order valence-electron chi connectivity index (χ1n) is 7.62. The summed E-state index contributed by atoms with van der Waals surface area (Å²) >= 11 is 11.1. The average molecular weight is 390 g/mol. The zero-order chi connectivity index (χ0) is 18.7. The second-order valence-corrected chi connectivity index (χ2v) is 6.30. The van der Waals surface area contributed by atoms with E-state index in [2.05, 4.69) is 21.2 Å². The molecule has 0 atom stereocenters. The van der Waals surface area contributed by atoms with Crippen LogP contribution in [0, 0.1) is 6.92 Å². The van der Waals surface area contributed by atoms with Crippen LogP contribution in [0.4, 0.5) is 5.69 Å². The van der Waals surface area contributed by atoms with Gasteiger partial charge < -0.3 is 14.5 Å². The van der Waals surface area contributed by atoms with Crippen molar-refractivity contribution in [3.05, 3.63) is 59.0 Å². The fourth-order valence-corrected chi connectivity index (χ4v) is 2.62. The smallest absolute Gasteiger partial charge is 0.289 e. The minimum Gasteiger partial charge on any atom is -0.497 e. The van der Waals surface area contributed by atoms with Gasteiger partial charge >= 0.3 is 0 Å². The maximum Gasteiger partial charge on any atom is 0.289 e. The van der Waals surface area contributed by atoms with Crippen LogP contribution in [-0.4, -0.2) is 27.5 Å². The molecule has 0 saturated heterocycles. The van der Waals surface area contributed by atoms with Crippen molar-refractivity contribution in [2.45, 2.75) is 6.92 Å². The molecular weight excluding hydrogens is 374 g/mol. The van der Waals surface area contributed by atoms with E-state index in [1.807, 2.05) is 25.1 Å². The molecule has 0 aliphatic heterocycles. The molecule has 0 aliphatic carbocycles. The Bertz CT molecular complexity index is 988. The third-order valence-electron chi connectivity index (χ3n) is 3.63. The van der Waals surface area contributed by atoms with Gasteiger partial charge in [0.25, 0.3) is 5.91 Å². The van der Waals surface area contributed by atoms with Crippen molar-refractivity contribution in [1.82, 2.24) is 20.2 Å². The zero-order valence-corrected chi connectivity index (χ0v) is 15.6. The first-order valence-corrected chi connectivity index (χ1v) is 8.41. The van der Waals surface area contributed by atoms with Crippen molar-refractivity contribution >= 4 is 46.2 Å². The summed E-state index contributed by atoms with van der Waals surface area (Å²) in [6.45, 7) is 1.92. The van der Waals surface area contributed by atoms with E-state index in [4.69, 9.17) is 28.6 Å². The molecule has 9 heteroatoms. The minimum absolute atomic E-state index is 0.239. The lowest BCUT2D eigenvalue weighted by atomic mass is 10.2. The van der Waals surface area contributed by atoms with Gasteiger partial charge in [0.05, 0.1) is 7.11 Å². The Morgan fingerprint density at radius 3 is 2.81 bits per heavy atom. The highest BCUT2D eigenvalue weighted by Crippen LogP contribution is 2.20. The highest BCUT2D eigenvalue weighted by atomic mass is 35.5. The number of aryl methyl sites for hydroxylation is 1. The zero-order valence-electron chi connectivity index (χ0n) is 14.0. The van der Waals surface area contributed by atoms with Crippen LogP contribution in [0.1, 0.15) is 16.1 Å². The van der Waals surface area contributed by atoms with Gasteiger partial charge in [-0.05, 0) is 49.0 Å². The van der Waals surface area contributed by atoms with E-state index in [-0.39, 0.29) is 10.8 Å². The summed E-state index contributed by atoms with van der Waals surface area (Å²) in [5, 5.41) is 3.81. The number of benzene rings is 1. The van der Waals surface area contributed by atoms with Gasteiger partial charge in [0.15, 0.2) is 5.11 Å². The fraction of sp³-hybridized carbons (Fsp3) is 0.118. The summed E-state index contributed by atoms with van der Waals surface area (Å²) in [5.74, 6) is 0.340. The predicted molar refractivity (Wildman–Crippen MR) is 105 cm³/mol. The number of nitrogens with zero attached hydrogens (tertiary/aromatic N) is 2. The van der Waals surface area contributed by atoms with Crippen LogP contribution in [0.2, 0.25) is 5.02 Å². The Morgan fingerprint density at radius 1 is 1.27 bits per heavy atom. The summed E-state index contributed by atoms with van der Waals surface area (Å²) < 4.78 is 6.87. The Morgan fingerprint density at radius 2 is 2.08 bits per heavy atom. The molecule has 0 bridgehead atoms. The van der Waals surface area contributed by atoms with Crippen LogP contribution in [0.15, 0.2) is 42.7 Å². The van der Waals surface area contributed by atoms with Gasteiger partial charge in [0.2, 0.25) is 0 Å². The molecule has 0 spiro atoms. The number of hydrogen-bond donors (Lipinski definition) is 3. The average Bonchev–Trinajstić information content (AvgIpc) is 3.04.